The van der Waals surface area contributed by atoms with Crippen molar-refractivity contribution in [2.24, 2.45) is 5.92 Å². The molecule has 7 heteroatoms. The van der Waals surface area contributed by atoms with Crippen molar-refractivity contribution in [2.75, 3.05) is 7.11 Å². The fourth-order valence-corrected chi connectivity index (χ4v) is 4.41. The van der Waals surface area contributed by atoms with E-state index in [0.29, 0.717) is 19.3 Å². The molecular formula is C12H23NO5S. The van der Waals surface area contributed by atoms with Gasteiger partial charge in [0.1, 0.15) is 11.3 Å². The van der Waals surface area contributed by atoms with Gasteiger partial charge in [0.2, 0.25) is 10.0 Å². The van der Waals surface area contributed by atoms with Crippen LogP contribution in [0.3, 0.4) is 0 Å². The van der Waals surface area contributed by atoms with Gasteiger partial charge in [-0.3, -0.25) is 4.79 Å². The predicted molar refractivity (Wildman–Crippen MR) is 71.4 cm³/mol. The van der Waals surface area contributed by atoms with Gasteiger partial charge in [0.15, 0.2) is 0 Å². The number of carboxylic acid groups (broad SMARTS) is 1. The lowest BCUT2D eigenvalue weighted by atomic mass is 10.0. The van der Waals surface area contributed by atoms with Crippen LogP contribution in [0.2, 0.25) is 0 Å². The summed E-state index contributed by atoms with van der Waals surface area (Å²) in [6.45, 7) is 3.56. The minimum Gasteiger partial charge on any atom is -0.480 e. The summed E-state index contributed by atoms with van der Waals surface area (Å²) >= 11 is 0. The van der Waals surface area contributed by atoms with E-state index < -0.39 is 27.3 Å². The summed E-state index contributed by atoms with van der Waals surface area (Å²) in [5, 5.41) is 8.50. The van der Waals surface area contributed by atoms with E-state index in [4.69, 9.17) is 9.84 Å². The first-order valence-corrected chi connectivity index (χ1v) is 8.14. The van der Waals surface area contributed by atoms with Crippen molar-refractivity contribution in [1.29, 1.82) is 0 Å². The molecule has 1 aliphatic rings. The highest BCUT2D eigenvalue weighted by Gasteiger charge is 2.40. The van der Waals surface area contributed by atoms with Gasteiger partial charge in [0, 0.05) is 7.11 Å². The van der Waals surface area contributed by atoms with Gasteiger partial charge >= 0.3 is 5.97 Å². The first-order chi connectivity index (χ1) is 8.83. The Balaban J connectivity index is 2.85. The first-order valence-electron chi connectivity index (χ1n) is 6.60. The van der Waals surface area contributed by atoms with Crippen LogP contribution in [0.15, 0.2) is 0 Å². The van der Waals surface area contributed by atoms with Crippen LogP contribution in [0.25, 0.3) is 0 Å². The molecule has 0 aromatic heterocycles. The summed E-state index contributed by atoms with van der Waals surface area (Å²) in [5.41, 5.74) is 0. The van der Waals surface area contributed by atoms with Crippen molar-refractivity contribution < 1.29 is 23.1 Å². The summed E-state index contributed by atoms with van der Waals surface area (Å²) in [6, 6.07) is -1.08. The molecule has 2 N–H and O–H groups in total. The Kier molecular flexibility index (Phi) is 5.76. The number of sulfonamides is 1. The average molecular weight is 293 g/mol. The van der Waals surface area contributed by atoms with E-state index in [1.165, 1.54) is 7.11 Å². The van der Waals surface area contributed by atoms with Crippen molar-refractivity contribution in [3.63, 3.8) is 0 Å². The summed E-state index contributed by atoms with van der Waals surface area (Å²) in [7, 11) is -2.19. The zero-order valence-corrected chi connectivity index (χ0v) is 12.4. The Morgan fingerprint density at radius 3 is 2.58 bits per heavy atom. The van der Waals surface area contributed by atoms with E-state index in [2.05, 4.69) is 4.72 Å². The number of methoxy groups -OCH3 is 1. The molecule has 0 spiro atoms. The van der Waals surface area contributed by atoms with Crippen LogP contribution in [0.4, 0.5) is 0 Å². The SMILES string of the molecule is CC[C@H](C)[C@H](NS(=O)(=O)[C@@H]1CCC[C@H]1OC)C(=O)O. The monoisotopic (exact) mass is 293 g/mol. The van der Waals surface area contributed by atoms with E-state index in [1.807, 2.05) is 6.92 Å². The zero-order valence-electron chi connectivity index (χ0n) is 11.6. The molecule has 0 saturated heterocycles. The Morgan fingerprint density at radius 2 is 2.11 bits per heavy atom. The summed E-state index contributed by atoms with van der Waals surface area (Å²) in [5.74, 6) is -1.39. The maximum absolute atomic E-state index is 12.3. The van der Waals surface area contributed by atoms with E-state index >= 15 is 0 Å². The number of carboxylic acids is 1. The predicted octanol–water partition coefficient (Wildman–Crippen LogP) is 0.973. The highest BCUT2D eigenvalue weighted by Crippen LogP contribution is 2.27. The van der Waals surface area contributed by atoms with Gasteiger partial charge < -0.3 is 9.84 Å². The van der Waals surface area contributed by atoms with E-state index in [-0.39, 0.29) is 12.0 Å². The Bertz CT molecular complexity index is 408. The summed E-state index contributed by atoms with van der Waals surface area (Å²) < 4.78 is 32.1. The van der Waals surface area contributed by atoms with E-state index in [1.54, 1.807) is 6.92 Å². The fourth-order valence-electron chi connectivity index (χ4n) is 2.43. The third kappa shape index (κ3) is 3.90. The highest BCUT2D eigenvalue weighted by atomic mass is 32.2. The highest BCUT2D eigenvalue weighted by molar-refractivity contribution is 7.90. The van der Waals surface area contributed by atoms with Crippen LogP contribution in [0.1, 0.15) is 39.5 Å². The third-order valence-electron chi connectivity index (χ3n) is 3.86. The second-order valence-corrected chi connectivity index (χ2v) is 7.04. The standard InChI is InChI=1S/C12H23NO5S/c1-4-8(2)11(12(14)15)13-19(16,17)10-7-5-6-9(10)18-3/h8-11,13H,4-7H2,1-3H3,(H,14,15)/t8-,9+,10+,11-/m0/s1. The molecule has 0 aliphatic heterocycles. The number of ether oxygens (including phenoxy) is 1. The topological polar surface area (TPSA) is 92.7 Å². The molecule has 1 rings (SSSR count). The molecular weight excluding hydrogens is 270 g/mol. The lowest BCUT2D eigenvalue weighted by Gasteiger charge is -2.24. The molecule has 1 saturated carbocycles. The minimum atomic E-state index is -3.68. The summed E-state index contributed by atoms with van der Waals surface area (Å²) in [6.07, 6.45) is 2.25. The van der Waals surface area contributed by atoms with Crippen LogP contribution in [-0.4, -0.2) is 44.0 Å². The average Bonchev–Trinajstić information content (AvgIpc) is 2.83. The lowest BCUT2D eigenvalue weighted by Crippen LogP contribution is -2.50. The normalized spacial score (nSPS) is 27.1. The molecule has 0 amide bonds. The molecule has 112 valence electrons. The van der Waals surface area contributed by atoms with Gasteiger partial charge in [-0.25, -0.2) is 13.1 Å². The van der Waals surface area contributed by atoms with Crippen LogP contribution < -0.4 is 4.72 Å². The number of aliphatic carboxylic acids is 1. The molecule has 19 heavy (non-hydrogen) atoms. The van der Waals surface area contributed by atoms with Gasteiger partial charge in [-0.15, -0.1) is 0 Å². The van der Waals surface area contributed by atoms with E-state index in [9.17, 15) is 13.2 Å². The first kappa shape index (κ1) is 16.4. The van der Waals surface area contributed by atoms with Crippen LogP contribution >= 0.6 is 0 Å². The second-order valence-electron chi connectivity index (χ2n) is 5.11. The number of hydrogen-bond acceptors (Lipinski definition) is 4. The molecule has 0 aromatic carbocycles. The molecule has 0 unspecified atom stereocenters. The van der Waals surface area contributed by atoms with Crippen LogP contribution in [0.5, 0.6) is 0 Å². The van der Waals surface area contributed by atoms with E-state index in [0.717, 1.165) is 6.42 Å². The lowest BCUT2D eigenvalue weighted by molar-refractivity contribution is -0.140. The zero-order chi connectivity index (χ0) is 14.6. The van der Waals surface area contributed by atoms with Crippen molar-refractivity contribution in [1.82, 2.24) is 4.72 Å². The van der Waals surface area contributed by atoms with Gasteiger partial charge in [-0.1, -0.05) is 20.3 Å². The van der Waals surface area contributed by atoms with Crippen LogP contribution in [0, 0.1) is 5.92 Å². The largest absolute Gasteiger partial charge is 0.480 e. The molecule has 4 atom stereocenters. The fraction of sp³-hybridized carbons (Fsp3) is 0.917. The summed E-state index contributed by atoms with van der Waals surface area (Å²) in [4.78, 5) is 11.2. The molecule has 1 fully saturated rings. The molecule has 0 radical (unpaired) electrons. The van der Waals surface area contributed by atoms with Crippen molar-refractivity contribution in [3.05, 3.63) is 0 Å². The van der Waals surface area contributed by atoms with Gasteiger partial charge in [-0.2, -0.15) is 0 Å². The Hall–Kier alpha value is -0.660. The Morgan fingerprint density at radius 1 is 1.47 bits per heavy atom. The maximum Gasteiger partial charge on any atom is 0.322 e. The van der Waals surface area contributed by atoms with Gasteiger partial charge in [-0.05, 0) is 25.2 Å². The van der Waals surface area contributed by atoms with Crippen molar-refractivity contribution in [2.45, 2.75) is 56.9 Å². The number of carbonyl (C=O) groups is 1. The number of hydrogen-bond donors (Lipinski definition) is 2. The van der Waals surface area contributed by atoms with Crippen molar-refractivity contribution in [3.8, 4) is 0 Å². The van der Waals surface area contributed by atoms with Gasteiger partial charge in [0.05, 0.1) is 6.10 Å². The smallest absolute Gasteiger partial charge is 0.322 e. The second kappa shape index (κ2) is 6.67. The molecule has 6 nitrogen and oxygen atoms in total. The molecule has 1 aliphatic carbocycles. The number of nitrogens with one attached hydrogen (secondary N) is 1. The van der Waals surface area contributed by atoms with Gasteiger partial charge in [0.25, 0.3) is 0 Å². The van der Waals surface area contributed by atoms with Crippen LogP contribution in [-0.2, 0) is 19.6 Å². The van der Waals surface area contributed by atoms with Crippen molar-refractivity contribution >= 4 is 16.0 Å². The molecule has 0 heterocycles. The minimum absolute atomic E-state index is 0.255. The molecule has 0 bridgehead atoms. The number of rotatable bonds is 7. The Labute approximate surface area is 114 Å². The molecule has 0 aromatic rings. The maximum atomic E-state index is 12.3. The quantitative estimate of drug-likeness (QED) is 0.729. The third-order valence-corrected chi connectivity index (χ3v) is 5.78.